The highest BCUT2D eigenvalue weighted by atomic mass is 15.2. The van der Waals surface area contributed by atoms with Gasteiger partial charge >= 0.3 is 0 Å². The molecule has 0 aliphatic carbocycles. The molecule has 0 atom stereocenters. The Morgan fingerprint density at radius 2 is 1.90 bits per heavy atom. The number of aromatic amines is 1. The summed E-state index contributed by atoms with van der Waals surface area (Å²) in [6.45, 7) is 4.70. The van der Waals surface area contributed by atoms with E-state index in [9.17, 15) is 0 Å². The summed E-state index contributed by atoms with van der Waals surface area (Å²) >= 11 is 0. The van der Waals surface area contributed by atoms with Crippen LogP contribution in [0.3, 0.4) is 0 Å². The van der Waals surface area contributed by atoms with E-state index in [4.69, 9.17) is 4.98 Å². The second-order valence-electron chi connectivity index (χ2n) is 6.68. The monoisotopic (exact) mass is 284 g/mol. The van der Waals surface area contributed by atoms with E-state index in [1.165, 1.54) is 50.6 Å². The Hall–Kier alpha value is -1.55. The zero-order valence-electron chi connectivity index (χ0n) is 12.6. The number of H-pyrrole nitrogens is 1. The van der Waals surface area contributed by atoms with Crippen LogP contribution in [0.5, 0.6) is 0 Å². The molecule has 4 heterocycles. The van der Waals surface area contributed by atoms with Crippen LogP contribution in [0.15, 0.2) is 24.4 Å². The molecule has 4 nitrogen and oxygen atoms in total. The number of nitrogens with zero attached hydrogens (tertiary/aromatic N) is 2. The molecule has 2 saturated heterocycles. The maximum atomic E-state index is 4.79. The molecule has 2 aromatic heterocycles. The first-order valence-corrected chi connectivity index (χ1v) is 8.25. The lowest BCUT2D eigenvalue weighted by Crippen LogP contribution is -2.37. The third kappa shape index (κ3) is 2.53. The Bertz CT molecular complexity index is 612. The zero-order chi connectivity index (χ0) is 14.1. The van der Waals surface area contributed by atoms with Gasteiger partial charge in [-0.2, -0.15) is 0 Å². The summed E-state index contributed by atoms with van der Waals surface area (Å²) in [5.74, 6) is 1.14. The van der Waals surface area contributed by atoms with Crippen LogP contribution in [0.2, 0.25) is 0 Å². The van der Waals surface area contributed by atoms with E-state index < -0.39 is 0 Å². The van der Waals surface area contributed by atoms with Crippen LogP contribution in [0, 0.1) is 5.41 Å². The molecule has 0 bridgehead atoms. The number of fused-ring (bicyclic) bond motifs is 1. The molecule has 0 saturated carbocycles. The number of hydrogen-bond acceptors (Lipinski definition) is 3. The van der Waals surface area contributed by atoms with Gasteiger partial charge < -0.3 is 15.2 Å². The number of piperidine rings is 1. The molecule has 0 unspecified atom stereocenters. The SMILES string of the molecule is c1cc2ccc(N3CCCC4(CCNCC4)CC3)nc2[nH]1. The number of aromatic nitrogens is 2. The first-order valence-electron chi connectivity index (χ1n) is 8.25. The molecule has 4 heteroatoms. The van der Waals surface area contributed by atoms with Gasteiger partial charge in [-0.1, -0.05) is 0 Å². The largest absolute Gasteiger partial charge is 0.357 e. The maximum absolute atomic E-state index is 4.79. The standard InChI is InChI=1S/C17H24N4/c1-5-17(6-10-18-11-7-17)8-13-21(12-1)15-3-2-14-4-9-19-16(14)20-15/h2-4,9,18H,1,5-8,10-13H2,(H,19,20). The number of nitrogens with one attached hydrogen (secondary N) is 2. The first kappa shape index (κ1) is 13.1. The van der Waals surface area contributed by atoms with Crippen LogP contribution < -0.4 is 10.2 Å². The van der Waals surface area contributed by atoms with Crippen molar-refractivity contribution in [1.29, 1.82) is 0 Å². The lowest BCUT2D eigenvalue weighted by Gasteiger charge is -2.37. The fourth-order valence-corrected chi connectivity index (χ4v) is 4.04. The van der Waals surface area contributed by atoms with Gasteiger partial charge in [0.25, 0.3) is 0 Å². The van der Waals surface area contributed by atoms with Crippen LogP contribution >= 0.6 is 0 Å². The number of pyridine rings is 1. The molecule has 2 aliphatic heterocycles. The minimum Gasteiger partial charge on any atom is -0.357 e. The molecule has 21 heavy (non-hydrogen) atoms. The van der Waals surface area contributed by atoms with Gasteiger partial charge in [-0.25, -0.2) is 4.98 Å². The average molecular weight is 284 g/mol. The highest BCUT2D eigenvalue weighted by Crippen LogP contribution is 2.40. The van der Waals surface area contributed by atoms with Crippen LogP contribution in [0.4, 0.5) is 5.82 Å². The lowest BCUT2D eigenvalue weighted by atomic mass is 9.73. The van der Waals surface area contributed by atoms with Crippen molar-refractivity contribution < 1.29 is 0 Å². The second kappa shape index (κ2) is 5.34. The van der Waals surface area contributed by atoms with Gasteiger partial charge in [0, 0.05) is 24.7 Å². The van der Waals surface area contributed by atoms with E-state index in [1.54, 1.807) is 0 Å². The molecule has 2 fully saturated rings. The van der Waals surface area contributed by atoms with E-state index in [0.717, 1.165) is 24.6 Å². The topological polar surface area (TPSA) is 44.0 Å². The molecule has 2 N–H and O–H groups in total. The third-order valence-electron chi connectivity index (χ3n) is 5.43. The van der Waals surface area contributed by atoms with Gasteiger partial charge in [-0.05, 0) is 68.8 Å². The van der Waals surface area contributed by atoms with Crippen molar-refractivity contribution in [3.05, 3.63) is 24.4 Å². The van der Waals surface area contributed by atoms with Crippen LogP contribution in [0.25, 0.3) is 11.0 Å². The summed E-state index contributed by atoms with van der Waals surface area (Å²) in [5, 5.41) is 4.70. The Kier molecular flexibility index (Phi) is 3.34. The van der Waals surface area contributed by atoms with Crippen molar-refractivity contribution in [1.82, 2.24) is 15.3 Å². The van der Waals surface area contributed by atoms with E-state index in [-0.39, 0.29) is 0 Å². The Morgan fingerprint density at radius 1 is 1.00 bits per heavy atom. The Morgan fingerprint density at radius 3 is 2.81 bits per heavy atom. The summed E-state index contributed by atoms with van der Waals surface area (Å²) in [6.07, 6.45) is 8.67. The number of rotatable bonds is 1. The van der Waals surface area contributed by atoms with Crippen molar-refractivity contribution in [2.45, 2.75) is 32.1 Å². The van der Waals surface area contributed by atoms with E-state index >= 15 is 0 Å². The third-order valence-corrected chi connectivity index (χ3v) is 5.43. The Labute approximate surface area is 125 Å². The second-order valence-corrected chi connectivity index (χ2v) is 6.68. The van der Waals surface area contributed by atoms with Crippen molar-refractivity contribution in [2.24, 2.45) is 5.41 Å². The summed E-state index contributed by atoms with van der Waals surface area (Å²) in [6, 6.07) is 6.44. The molecule has 0 radical (unpaired) electrons. The fraction of sp³-hybridized carbons (Fsp3) is 0.588. The summed E-state index contributed by atoms with van der Waals surface area (Å²) in [4.78, 5) is 10.5. The minimum absolute atomic E-state index is 0.594. The van der Waals surface area contributed by atoms with Crippen LogP contribution in [-0.4, -0.2) is 36.1 Å². The number of hydrogen-bond donors (Lipinski definition) is 2. The fourth-order valence-electron chi connectivity index (χ4n) is 4.04. The molecule has 2 aliphatic rings. The lowest BCUT2D eigenvalue weighted by molar-refractivity contribution is 0.178. The molecule has 4 rings (SSSR count). The molecule has 1 spiro atoms. The highest BCUT2D eigenvalue weighted by molar-refractivity contribution is 5.77. The quantitative estimate of drug-likeness (QED) is 0.846. The summed E-state index contributed by atoms with van der Waals surface area (Å²) in [5.41, 5.74) is 1.60. The van der Waals surface area contributed by atoms with Crippen LogP contribution in [0.1, 0.15) is 32.1 Å². The smallest absolute Gasteiger partial charge is 0.139 e. The molecule has 2 aromatic rings. The Balaban J connectivity index is 1.53. The zero-order valence-corrected chi connectivity index (χ0v) is 12.6. The molecular weight excluding hydrogens is 260 g/mol. The first-order chi connectivity index (χ1) is 10.3. The van der Waals surface area contributed by atoms with Gasteiger partial charge in [-0.3, -0.25) is 0 Å². The number of anilines is 1. The van der Waals surface area contributed by atoms with Gasteiger partial charge in [0.2, 0.25) is 0 Å². The van der Waals surface area contributed by atoms with Gasteiger partial charge in [0.05, 0.1) is 0 Å². The van der Waals surface area contributed by atoms with Crippen molar-refractivity contribution in [3.63, 3.8) is 0 Å². The predicted molar refractivity (Wildman–Crippen MR) is 86.7 cm³/mol. The van der Waals surface area contributed by atoms with Crippen molar-refractivity contribution >= 4 is 16.9 Å². The minimum atomic E-state index is 0.594. The van der Waals surface area contributed by atoms with E-state index in [2.05, 4.69) is 33.4 Å². The normalized spacial score (nSPS) is 22.6. The van der Waals surface area contributed by atoms with Gasteiger partial charge in [0.15, 0.2) is 0 Å². The van der Waals surface area contributed by atoms with E-state index in [1.807, 2.05) is 6.20 Å². The molecule has 112 valence electrons. The van der Waals surface area contributed by atoms with Crippen molar-refractivity contribution in [3.8, 4) is 0 Å². The molecular formula is C17H24N4. The van der Waals surface area contributed by atoms with Gasteiger partial charge in [0.1, 0.15) is 11.5 Å². The van der Waals surface area contributed by atoms with Crippen LogP contribution in [-0.2, 0) is 0 Å². The molecule has 0 amide bonds. The average Bonchev–Trinajstić information content (AvgIpc) is 2.90. The maximum Gasteiger partial charge on any atom is 0.139 e. The van der Waals surface area contributed by atoms with Crippen molar-refractivity contribution in [2.75, 3.05) is 31.1 Å². The van der Waals surface area contributed by atoms with E-state index in [0.29, 0.717) is 5.41 Å². The predicted octanol–water partition coefficient (Wildman–Crippen LogP) is 2.92. The van der Waals surface area contributed by atoms with Gasteiger partial charge in [-0.15, -0.1) is 0 Å². The summed E-state index contributed by atoms with van der Waals surface area (Å²) in [7, 11) is 0. The molecule has 0 aromatic carbocycles. The summed E-state index contributed by atoms with van der Waals surface area (Å²) < 4.78 is 0. The highest BCUT2D eigenvalue weighted by Gasteiger charge is 2.33.